The quantitative estimate of drug-likeness (QED) is 0.0947. The molecule has 0 radical (unpaired) electrons. The molecule has 0 aliphatic carbocycles. The van der Waals surface area contributed by atoms with Gasteiger partial charge in [-0.25, -0.2) is 4.79 Å². The lowest BCUT2D eigenvalue weighted by molar-refractivity contribution is -0.144. The smallest absolute Gasteiger partial charge is 0.326 e. The van der Waals surface area contributed by atoms with Crippen molar-refractivity contribution in [2.45, 2.75) is 56.3 Å². The van der Waals surface area contributed by atoms with Crippen molar-refractivity contribution < 1.29 is 48.9 Å². The van der Waals surface area contributed by atoms with Crippen LogP contribution in [0.25, 0.3) is 0 Å². The number of nitrogens with one attached hydrogen (secondary N) is 3. The van der Waals surface area contributed by atoms with Gasteiger partial charge in [-0.3, -0.25) is 28.8 Å². The molecule has 0 saturated heterocycles. The number of amides is 4. The Morgan fingerprint density at radius 1 is 0.727 bits per heavy atom. The van der Waals surface area contributed by atoms with Crippen LogP contribution < -0.4 is 27.4 Å². The summed E-state index contributed by atoms with van der Waals surface area (Å²) >= 11 is 3.93. The predicted octanol–water partition coefficient (Wildman–Crippen LogP) is -3.61. The number of carboxylic acids is 3. The first kappa shape index (κ1) is 29.6. The second-order valence-corrected chi connectivity index (χ2v) is 7.21. The first-order valence-corrected chi connectivity index (χ1v) is 10.1. The van der Waals surface area contributed by atoms with Gasteiger partial charge >= 0.3 is 17.9 Å². The van der Waals surface area contributed by atoms with Gasteiger partial charge < -0.3 is 42.7 Å². The number of rotatable bonds is 16. The van der Waals surface area contributed by atoms with Crippen LogP contribution in [0, 0.1) is 0 Å². The fraction of sp³-hybridized carbons (Fsp3) is 0.588. The molecule has 0 aromatic rings. The monoisotopic (exact) mass is 493 g/mol. The van der Waals surface area contributed by atoms with Crippen LogP contribution in [0.4, 0.5) is 0 Å². The maximum Gasteiger partial charge on any atom is 0.326 e. The van der Waals surface area contributed by atoms with Gasteiger partial charge in [0, 0.05) is 18.6 Å². The fourth-order valence-electron chi connectivity index (χ4n) is 2.37. The maximum atomic E-state index is 12.5. The van der Waals surface area contributed by atoms with E-state index in [1.807, 2.05) is 5.32 Å². The molecule has 4 unspecified atom stereocenters. The average Bonchev–Trinajstić information content (AvgIpc) is 2.71. The summed E-state index contributed by atoms with van der Waals surface area (Å²) in [5.41, 5.74) is 10.5. The van der Waals surface area contributed by atoms with Crippen LogP contribution in [-0.2, 0) is 33.6 Å². The average molecular weight is 493 g/mol. The van der Waals surface area contributed by atoms with Crippen LogP contribution in [0.15, 0.2) is 0 Å². The zero-order valence-electron chi connectivity index (χ0n) is 17.4. The molecule has 186 valence electrons. The van der Waals surface area contributed by atoms with Crippen LogP contribution in [0.2, 0.25) is 0 Å². The largest absolute Gasteiger partial charge is 0.481 e. The second kappa shape index (κ2) is 14.6. The Hall–Kier alpha value is -3.40. The van der Waals surface area contributed by atoms with E-state index in [2.05, 4.69) is 23.3 Å². The SMILES string of the molecule is NC(=O)CC(NC(=O)C(CCC(=O)O)NC(=O)C(CS)NC(=O)C(N)CCC(=O)O)C(=O)O. The van der Waals surface area contributed by atoms with Crippen LogP contribution in [0.3, 0.4) is 0 Å². The molecule has 15 nitrogen and oxygen atoms in total. The van der Waals surface area contributed by atoms with Crippen molar-refractivity contribution in [2.24, 2.45) is 11.5 Å². The lowest BCUT2D eigenvalue weighted by Gasteiger charge is -2.24. The first-order chi connectivity index (χ1) is 15.3. The summed E-state index contributed by atoms with van der Waals surface area (Å²) in [5, 5.41) is 33.0. The molecule has 33 heavy (non-hydrogen) atoms. The zero-order valence-corrected chi connectivity index (χ0v) is 18.2. The third-order valence-electron chi connectivity index (χ3n) is 4.12. The highest BCUT2D eigenvalue weighted by atomic mass is 32.1. The number of primary amides is 1. The van der Waals surface area contributed by atoms with Crippen LogP contribution >= 0.6 is 12.6 Å². The number of thiol groups is 1. The highest BCUT2D eigenvalue weighted by Gasteiger charge is 2.30. The summed E-state index contributed by atoms with van der Waals surface area (Å²) in [7, 11) is 0. The molecule has 0 aliphatic heterocycles. The lowest BCUT2D eigenvalue weighted by Crippen LogP contribution is -2.58. The van der Waals surface area contributed by atoms with E-state index in [1.165, 1.54) is 0 Å². The van der Waals surface area contributed by atoms with Crippen molar-refractivity contribution in [3.8, 4) is 0 Å². The molecule has 0 fully saturated rings. The minimum Gasteiger partial charge on any atom is -0.481 e. The molecule has 0 heterocycles. The summed E-state index contributed by atoms with van der Waals surface area (Å²) in [4.78, 5) is 80.7. The van der Waals surface area contributed by atoms with Gasteiger partial charge in [0.2, 0.25) is 23.6 Å². The Morgan fingerprint density at radius 3 is 1.64 bits per heavy atom. The summed E-state index contributed by atoms with van der Waals surface area (Å²) < 4.78 is 0. The number of carboxylic acid groups (broad SMARTS) is 3. The van der Waals surface area contributed by atoms with E-state index in [-0.39, 0.29) is 18.6 Å². The Bertz CT molecular complexity index is 777. The Morgan fingerprint density at radius 2 is 1.18 bits per heavy atom. The number of carbonyl (C=O) groups is 7. The lowest BCUT2D eigenvalue weighted by atomic mass is 10.1. The number of aliphatic carboxylic acids is 3. The van der Waals surface area contributed by atoms with E-state index < -0.39 is 85.0 Å². The molecule has 0 aromatic carbocycles. The van der Waals surface area contributed by atoms with E-state index in [0.717, 1.165) is 0 Å². The summed E-state index contributed by atoms with van der Waals surface area (Å²) in [6, 6.07) is -5.83. The molecule has 0 bridgehead atoms. The molecular weight excluding hydrogens is 466 g/mol. The van der Waals surface area contributed by atoms with E-state index >= 15 is 0 Å². The first-order valence-electron chi connectivity index (χ1n) is 9.50. The molecule has 4 amide bonds. The molecule has 4 atom stereocenters. The topological polar surface area (TPSA) is 268 Å². The van der Waals surface area contributed by atoms with E-state index in [9.17, 15) is 33.6 Å². The van der Waals surface area contributed by atoms with Crippen molar-refractivity contribution >= 4 is 54.2 Å². The van der Waals surface area contributed by atoms with Crippen LogP contribution in [-0.4, -0.2) is 86.8 Å². The van der Waals surface area contributed by atoms with Gasteiger partial charge in [-0.15, -0.1) is 0 Å². The van der Waals surface area contributed by atoms with Gasteiger partial charge in [-0.2, -0.15) is 12.6 Å². The molecule has 0 rings (SSSR count). The van der Waals surface area contributed by atoms with Crippen molar-refractivity contribution in [3.05, 3.63) is 0 Å². The van der Waals surface area contributed by atoms with E-state index in [4.69, 9.17) is 26.8 Å². The minimum atomic E-state index is -1.72. The second-order valence-electron chi connectivity index (χ2n) is 6.85. The number of hydrogen-bond donors (Lipinski definition) is 9. The van der Waals surface area contributed by atoms with Crippen molar-refractivity contribution in [1.29, 1.82) is 0 Å². The number of carbonyl (C=O) groups excluding carboxylic acids is 4. The summed E-state index contributed by atoms with van der Waals surface area (Å²) in [6.07, 6.45) is -2.36. The van der Waals surface area contributed by atoms with E-state index in [0.29, 0.717) is 0 Å². The van der Waals surface area contributed by atoms with Crippen molar-refractivity contribution in [3.63, 3.8) is 0 Å². The standard InChI is InChI=1S/C17H27N5O10S/c18-7(1-3-12(24)25)14(28)22-10(6-33)16(30)20-8(2-4-13(26)27)15(29)21-9(17(31)32)5-11(19)23/h7-10,33H,1-6,18H2,(H2,19,23)(H,20,30)(H,21,29)(H,22,28)(H,24,25)(H,26,27)(H,31,32). The third-order valence-corrected chi connectivity index (χ3v) is 4.49. The number of hydrogen-bond acceptors (Lipinski definition) is 9. The van der Waals surface area contributed by atoms with Gasteiger partial charge in [0.1, 0.15) is 18.1 Å². The minimum absolute atomic E-state index is 0.206. The van der Waals surface area contributed by atoms with Gasteiger partial charge in [0.05, 0.1) is 12.5 Å². The molecule has 0 saturated carbocycles. The fourth-order valence-corrected chi connectivity index (χ4v) is 2.62. The normalized spacial score (nSPS) is 14.1. The molecule has 0 aromatic heterocycles. The summed E-state index contributed by atoms with van der Waals surface area (Å²) in [5.74, 6) is -8.27. The predicted molar refractivity (Wildman–Crippen MR) is 113 cm³/mol. The molecule has 0 spiro atoms. The summed E-state index contributed by atoms with van der Waals surface area (Å²) in [6.45, 7) is 0. The Balaban J connectivity index is 5.32. The Labute approximate surface area is 193 Å². The van der Waals surface area contributed by atoms with Gasteiger partial charge in [-0.05, 0) is 12.8 Å². The van der Waals surface area contributed by atoms with Crippen LogP contribution in [0.1, 0.15) is 32.1 Å². The highest BCUT2D eigenvalue weighted by Crippen LogP contribution is 2.03. The van der Waals surface area contributed by atoms with E-state index in [1.54, 1.807) is 0 Å². The molecule has 10 N–H and O–H groups in total. The van der Waals surface area contributed by atoms with Crippen molar-refractivity contribution in [1.82, 2.24) is 16.0 Å². The van der Waals surface area contributed by atoms with Crippen LogP contribution in [0.5, 0.6) is 0 Å². The van der Waals surface area contributed by atoms with Crippen molar-refractivity contribution in [2.75, 3.05) is 5.75 Å². The highest BCUT2D eigenvalue weighted by molar-refractivity contribution is 7.80. The Kier molecular flexibility index (Phi) is 13.1. The maximum absolute atomic E-state index is 12.5. The zero-order chi connectivity index (χ0) is 25.7. The molecular formula is C17H27N5O10S. The van der Waals surface area contributed by atoms with Gasteiger partial charge in [-0.1, -0.05) is 0 Å². The molecule has 16 heteroatoms. The van der Waals surface area contributed by atoms with Gasteiger partial charge in [0.15, 0.2) is 0 Å². The van der Waals surface area contributed by atoms with Gasteiger partial charge in [0.25, 0.3) is 0 Å². The third kappa shape index (κ3) is 12.3. The molecule has 0 aliphatic rings. The number of nitrogens with two attached hydrogens (primary N) is 2.